The number of carbonyl (C=O) groups is 1. The molecule has 2 aromatic rings. The lowest BCUT2D eigenvalue weighted by Gasteiger charge is -2.41. The highest BCUT2D eigenvalue weighted by Gasteiger charge is 2.35. The minimum absolute atomic E-state index is 0.0271. The number of hydrogen-bond acceptors (Lipinski definition) is 7. The maximum Gasteiger partial charge on any atom is 0.254 e. The number of fused-ring (bicyclic) bond motifs is 1. The molecule has 1 unspecified atom stereocenters. The number of likely N-dealkylation sites (tertiary alicyclic amines) is 1. The van der Waals surface area contributed by atoms with Crippen LogP contribution in [-0.2, 0) is 24.1 Å². The summed E-state index contributed by atoms with van der Waals surface area (Å²) in [6.07, 6.45) is 8.71. The second-order valence-electron chi connectivity index (χ2n) is 9.84. The van der Waals surface area contributed by atoms with Gasteiger partial charge >= 0.3 is 0 Å². The molecule has 0 radical (unpaired) electrons. The number of piperidine rings is 1. The highest BCUT2D eigenvalue weighted by atomic mass is 32.2. The Morgan fingerprint density at radius 1 is 1.24 bits per heavy atom. The number of pyridine rings is 1. The Morgan fingerprint density at radius 3 is 2.73 bits per heavy atom. The van der Waals surface area contributed by atoms with Crippen molar-refractivity contribution in [1.82, 2.24) is 24.8 Å². The zero-order valence-corrected chi connectivity index (χ0v) is 22.8. The fraction of sp³-hybridized carbons (Fsp3) is 0.407. The molecule has 2 aromatic heterocycles. The lowest BCUT2D eigenvalue weighted by molar-refractivity contribution is 0.0460. The van der Waals surface area contributed by atoms with Gasteiger partial charge in [-0.3, -0.25) is 14.4 Å². The molecule has 2 N–H and O–H groups in total. The zero-order chi connectivity index (χ0) is 26.7. The Hall–Kier alpha value is -3.37. The number of nitrogens with one attached hydrogen (secondary N) is 2. The van der Waals surface area contributed by atoms with E-state index in [0.29, 0.717) is 29.9 Å². The number of carbonyl (C=O) groups excluding carboxylic acids is 1. The van der Waals surface area contributed by atoms with Crippen molar-refractivity contribution in [2.75, 3.05) is 22.8 Å². The summed E-state index contributed by atoms with van der Waals surface area (Å²) in [4.78, 5) is 31.0. The minimum atomic E-state index is -1.25. The van der Waals surface area contributed by atoms with Gasteiger partial charge in [-0.25, -0.2) is 19.2 Å². The van der Waals surface area contributed by atoms with E-state index in [1.54, 1.807) is 18.3 Å². The third-order valence-corrected chi connectivity index (χ3v) is 7.39. The van der Waals surface area contributed by atoms with E-state index >= 15 is 0 Å². The van der Waals surface area contributed by atoms with Gasteiger partial charge in [0.15, 0.2) is 0 Å². The van der Waals surface area contributed by atoms with Crippen LogP contribution >= 0.6 is 0 Å². The van der Waals surface area contributed by atoms with Gasteiger partial charge in [-0.1, -0.05) is 18.7 Å². The van der Waals surface area contributed by atoms with Crippen molar-refractivity contribution in [3.05, 3.63) is 77.4 Å². The molecule has 4 rings (SSSR count). The van der Waals surface area contributed by atoms with E-state index in [1.165, 1.54) is 6.26 Å². The van der Waals surface area contributed by atoms with Crippen LogP contribution in [0.1, 0.15) is 55.2 Å². The first-order chi connectivity index (χ1) is 17.6. The number of rotatable bonds is 8. The molecule has 0 aliphatic carbocycles. The predicted molar refractivity (Wildman–Crippen MR) is 148 cm³/mol. The third kappa shape index (κ3) is 6.50. The van der Waals surface area contributed by atoms with Crippen LogP contribution in [0.15, 0.2) is 60.6 Å². The van der Waals surface area contributed by atoms with Crippen molar-refractivity contribution in [2.45, 2.75) is 58.8 Å². The Morgan fingerprint density at radius 2 is 2.03 bits per heavy atom. The highest BCUT2D eigenvalue weighted by Crippen LogP contribution is 2.30. The van der Waals surface area contributed by atoms with E-state index in [-0.39, 0.29) is 11.9 Å². The summed E-state index contributed by atoms with van der Waals surface area (Å²) in [5.41, 5.74) is 5.49. The lowest BCUT2D eigenvalue weighted by atomic mass is 9.96. The van der Waals surface area contributed by atoms with Crippen molar-refractivity contribution >= 4 is 28.7 Å². The average Bonchev–Trinajstić information content (AvgIpc) is 3.26. The molecule has 1 saturated heterocycles. The van der Waals surface area contributed by atoms with Gasteiger partial charge in [0, 0.05) is 67.2 Å². The SMILES string of the molecule is C=C(/C=C(/C)C(=C)C)Nc1ncc2c(n1)CN([C@@H]1CCN(C(=O)c3ccnc(NS(C)=O)c3)[C@H](C)C1)C2. The van der Waals surface area contributed by atoms with E-state index in [9.17, 15) is 9.00 Å². The molecule has 0 aromatic carbocycles. The molecule has 0 bridgehead atoms. The van der Waals surface area contributed by atoms with E-state index < -0.39 is 11.0 Å². The maximum absolute atomic E-state index is 13.2. The molecule has 0 saturated carbocycles. The first kappa shape index (κ1) is 26.7. The summed E-state index contributed by atoms with van der Waals surface area (Å²) in [7, 11) is -1.25. The third-order valence-electron chi connectivity index (χ3n) is 6.90. The van der Waals surface area contributed by atoms with Crippen molar-refractivity contribution < 1.29 is 9.00 Å². The van der Waals surface area contributed by atoms with Crippen molar-refractivity contribution in [3.8, 4) is 0 Å². The maximum atomic E-state index is 13.2. The fourth-order valence-electron chi connectivity index (χ4n) is 4.77. The van der Waals surface area contributed by atoms with Crippen molar-refractivity contribution in [1.29, 1.82) is 0 Å². The summed E-state index contributed by atoms with van der Waals surface area (Å²) >= 11 is 0. The second-order valence-corrected chi connectivity index (χ2v) is 11.0. The number of anilines is 2. The Kier molecular flexibility index (Phi) is 8.19. The Bertz CT molecular complexity index is 1280. The molecule has 3 atom stereocenters. The van der Waals surface area contributed by atoms with Gasteiger partial charge in [-0.05, 0) is 57.4 Å². The summed E-state index contributed by atoms with van der Waals surface area (Å²) in [6.45, 7) is 16.3. The van der Waals surface area contributed by atoms with Crippen molar-refractivity contribution in [3.63, 3.8) is 0 Å². The number of amides is 1. The topological polar surface area (TPSA) is 103 Å². The first-order valence-corrected chi connectivity index (χ1v) is 13.9. The Labute approximate surface area is 221 Å². The monoisotopic (exact) mass is 521 g/mol. The quantitative estimate of drug-likeness (QED) is 0.506. The molecule has 9 nitrogen and oxygen atoms in total. The molecule has 2 aliphatic heterocycles. The molecule has 4 heterocycles. The number of hydrogen-bond donors (Lipinski definition) is 2. The van der Waals surface area contributed by atoms with Gasteiger partial charge in [-0.15, -0.1) is 0 Å². The molecule has 196 valence electrons. The van der Waals surface area contributed by atoms with Crippen molar-refractivity contribution in [2.24, 2.45) is 0 Å². The summed E-state index contributed by atoms with van der Waals surface area (Å²) in [6, 6.07) is 3.82. The van der Waals surface area contributed by atoms with Crippen LogP contribution in [0.5, 0.6) is 0 Å². The van der Waals surface area contributed by atoms with Gasteiger partial charge < -0.3 is 10.2 Å². The fourth-order valence-corrected chi connectivity index (χ4v) is 5.18. The molecule has 2 aliphatic rings. The molecular weight excluding hydrogens is 486 g/mol. The van der Waals surface area contributed by atoms with E-state index in [0.717, 1.165) is 54.0 Å². The van der Waals surface area contributed by atoms with Gasteiger partial charge in [0.05, 0.1) is 5.69 Å². The van der Waals surface area contributed by atoms with Gasteiger partial charge in [0.2, 0.25) is 5.95 Å². The normalized spacial score (nSPS) is 20.8. The molecular formula is C27H35N7O2S. The van der Waals surface area contributed by atoms with E-state index in [1.807, 2.05) is 31.0 Å². The van der Waals surface area contributed by atoms with Gasteiger partial charge in [0.1, 0.15) is 16.8 Å². The lowest BCUT2D eigenvalue weighted by Crippen LogP contribution is -2.50. The smallest absolute Gasteiger partial charge is 0.254 e. The summed E-state index contributed by atoms with van der Waals surface area (Å²) < 4.78 is 14.2. The van der Waals surface area contributed by atoms with Crippen LogP contribution in [0, 0.1) is 0 Å². The van der Waals surface area contributed by atoms with Crippen LogP contribution < -0.4 is 10.0 Å². The predicted octanol–water partition coefficient (Wildman–Crippen LogP) is 4.03. The van der Waals surface area contributed by atoms with Crippen LogP contribution in [0.3, 0.4) is 0 Å². The first-order valence-electron chi connectivity index (χ1n) is 12.4. The standard InChI is InChI=1S/C27H35N7O2S/c1-17(2)18(3)11-19(4)30-27-29-14-22-15-33(16-24(22)31-27)23-8-10-34(20(5)12-23)26(35)21-7-9-28-25(13-21)32-37(6)36/h7,9,11,13-14,20,23H,1,4,8,10,12,15-16H2,2-3,5-6H3,(H,28,32)(H,29,30,31)/b18-11-/t20-,23-,37?/m1/s1. The largest absolute Gasteiger partial charge is 0.336 e. The Balaban J connectivity index is 1.36. The molecule has 1 amide bonds. The van der Waals surface area contributed by atoms with Crippen LogP contribution in [0.4, 0.5) is 11.8 Å². The number of allylic oxidation sites excluding steroid dienone is 3. The molecule has 0 spiro atoms. The summed E-state index contributed by atoms with van der Waals surface area (Å²) in [5, 5.41) is 3.18. The van der Waals surface area contributed by atoms with Crippen LogP contribution in [0.25, 0.3) is 0 Å². The van der Waals surface area contributed by atoms with Crippen LogP contribution in [0.2, 0.25) is 0 Å². The van der Waals surface area contributed by atoms with E-state index in [4.69, 9.17) is 4.98 Å². The number of nitrogens with zero attached hydrogens (tertiary/aromatic N) is 5. The van der Waals surface area contributed by atoms with Gasteiger partial charge in [0.25, 0.3) is 5.91 Å². The summed E-state index contributed by atoms with van der Waals surface area (Å²) in [5.74, 6) is 0.952. The zero-order valence-electron chi connectivity index (χ0n) is 22.0. The molecule has 10 heteroatoms. The minimum Gasteiger partial charge on any atom is -0.336 e. The van der Waals surface area contributed by atoms with Crippen LogP contribution in [-0.4, -0.2) is 59.8 Å². The second kappa shape index (κ2) is 11.4. The molecule has 37 heavy (non-hydrogen) atoms. The average molecular weight is 522 g/mol. The number of aromatic nitrogens is 3. The molecule has 1 fully saturated rings. The van der Waals surface area contributed by atoms with Gasteiger partial charge in [-0.2, -0.15) is 0 Å². The highest BCUT2D eigenvalue weighted by molar-refractivity contribution is 7.85. The van der Waals surface area contributed by atoms with E-state index in [2.05, 4.69) is 45.0 Å².